The molecule has 5 nitrogen and oxygen atoms in total. The molecule has 1 saturated carbocycles. The maximum atomic E-state index is 12.3. The van der Waals surface area contributed by atoms with E-state index in [1.807, 2.05) is 24.3 Å². The standard InChI is InChI=1S/C17H26N2O3S/c1-23(21,22)18-13-12-14-8-10-15(11-9-14)17(20)19-16-6-4-2-3-5-7-16/h8-11,16,18H,2-7,12-13H2,1H3,(H,19,20). The summed E-state index contributed by atoms with van der Waals surface area (Å²) < 4.78 is 24.5. The highest BCUT2D eigenvalue weighted by Gasteiger charge is 2.15. The van der Waals surface area contributed by atoms with Crippen LogP contribution in [-0.2, 0) is 16.4 Å². The first kappa shape index (κ1) is 17.9. The van der Waals surface area contributed by atoms with E-state index in [9.17, 15) is 13.2 Å². The monoisotopic (exact) mass is 338 g/mol. The summed E-state index contributed by atoms with van der Waals surface area (Å²) in [7, 11) is -3.15. The van der Waals surface area contributed by atoms with Crippen LogP contribution in [0.5, 0.6) is 0 Å². The molecule has 0 radical (unpaired) electrons. The third-order valence-electron chi connectivity index (χ3n) is 4.18. The van der Waals surface area contributed by atoms with E-state index in [-0.39, 0.29) is 5.91 Å². The summed E-state index contributed by atoms with van der Waals surface area (Å²) in [5.41, 5.74) is 1.67. The zero-order valence-electron chi connectivity index (χ0n) is 13.7. The predicted octanol–water partition coefficient (Wildman–Crippen LogP) is 2.23. The Hall–Kier alpha value is -1.40. The third kappa shape index (κ3) is 6.71. The van der Waals surface area contributed by atoms with Crippen LogP contribution in [0.1, 0.15) is 54.4 Å². The average Bonchev–Trinajstić information content (AvgIpc) is 2.75. The molecule has 128 valence electrons. The fraction of sp³-hybridized carbons (Fsp3) is 0.588. The van der Waals surface area contributed by atoms with Crippen molar-refractivity contribution in [1.82, 2.24) is 10.0 Å². The number of rotatable bonds is 6. The Morgan fingerprint density at radius 2 is 1.70 bits per heavy atom. The first-order valence-electron chi connectivity index (χ1n) is 8.28. The van der Waals surface area contributed by atoms with Crippen molar-refractivity contribution in [3.8, 4) is 0 Å². The molecule has 1 aromatic rings. The zero-order valence-corrected chi connectivity index (χ0v) is 14.5. The van der Waals surface area contributed by atoms with Gasteiger partial charge in [0.15, 0.2) is 0 Å². The van der Waals surface area contributed by atoms with E-state index < -0.39 is 10.0 Å². The van der Waals surface area contributed by atoms with E-state index in [2.05, 4.69) is 10.0 Å². The highest BCUT2D eigenvalue weighted by atomic mass is 32.2. The summed E-state index contributed by atoms with van der Waals surface area (Å²) in [6.45, 7) is 0.368. The summed E-state index contributed by atoms with van der Waals surface area (Å²) in [6.07, 6.45) is 8.81. The lowest BCUT2D eigenvalue weighted by Crippen LogP contribution is -2.34. The Bertz CT molecular complexity index is 603. The largest absolute Gasteiger partial charge is 0.349 e. The molecule has 1 amide bonds. The number of nitrogens with one attached hydrogen (secondary N) is 2. The van der Waals surface area contributed by atoms with Crippen LogP contribution in [0.15, 0.2) is 24.3 Å². The molecule has 0 saturated heterocycles. The molecule has 2 rings (SSSR count). The van der Waals surface area contributed by atoms with Crippen LogP contribution in [0.25, 0.3) is 0 Å². The molecule has 1 aliphatic carbocycles. The van der Waals surface area contributed by atoms with Gasteiger partial charge >= 0.3 is 0 Å². The fourth-order valence-corrected chi connectivity index (χ4v) is 3.37. The van der Waals surface area contributed by atoms with Crippen LogP contribution in [0.4, 0.5) is 0 Å². The number of hydrogen-bond acceptors (Lipinski definition) is 3. The van der Waals surface area contributed by atoms with Gasteiger partial charge < -0.3 is 5.32 Å². The second-order valence-electron chi connectivity index (χ2n) is 6.28. The number of carbonyl (C=O) groups is 1. The Morgan fingerprint density at radius 1 is 1.09 bits per heavy atom. The molecule has 0 heterocycles. The number of hydrogen-bond donors (Lipinski definition) is 2. The summed E-state index contributed by atoms with van der Waals surface area (Å²) in [5.74, 6) is -0.0160. The Balaban J connectivity index is 1.84. The minimum Gasteiger partial charge on any atom is -0.349 e. The molecule has 1 aliphatic rings. The highest BCUT2D eigenvalue weighted by molar-refractivity contribution is 7.88. The molecule has 6 heteroatoms. The number of sulfonamides is 1. The lowest BCUT2D eigenvalue weighted by Gasteiger charge is -2.16. The van der Waals surface area contributed by atoms with Gasteiger partial charge in [-0.1, -0.05) is 37.8 Å². The van der Waals surface area contributed by atoms with Gasteiger partial charge in [0.25, 0.3) is 5.91 Å². The van der Waals surface area contributed by atoms with Crippen molar-refractivity contribution in [2.24, 2.45) is 0 Å². The lowest BCUT2D eigenvalue weighted by molar-refractivity contribution is 0.0933. The van der Waals surface area contributed by atoms with E-state index in [4.69, 9.17) is 0 Å². The lowest BCUT2D eigenvalue weighted by atomic mass is 10.1. The van der Waals surface area contributed by atoms with Crippen LogP contribution in [0, 0.1) is 0 Å². The molecular weight excluding hydrogens is 312 g/mol. The van der Waals surface area contributed by atoms with E-state index in [1.165, 1.54) is 25.7 Å². The van der Waals surface area contributed by atoms with Crippen LogP contribution in [0.2, 0.25) is 0 Å². The molecule has 2 N–H and O–H groups in total. The summed E-state index contributed by atoms with van der Waals surface area (Å²) >= 11 is 0. The third-order valence-corrected chi connectivity index (χ3v) is 4.91. The van der Waals surface area contributed by atoms with Gasteiger partial charge in [-0.05, 0) is 37.0 Å². The highest BCUT2D eigenvalue weighted by Crippen LogP contribution is 2.17. The maximum absolute atomic E-state index is 12.3. The molecule has 0 aliphatic heterocycles. The molecular formula is C17H26N2O3S. The summed E-state index contributed by atoms with van der Waals surface area (Å²) in [5, 5.41) is 3.13. The molecule has 0 unspecified atom stereocenters. The van der Waals surface area contributed by atoms with Crippen LogP contribution in [0.3, 0.4) is 0 Å². The van der Waals surface area contributed by atoms with Crippen LogP contribution in [-0.4, -0.2) is 33.2 Å². The molecule has 0 aromatic heterocycles. The second-order valence-corrected chi connectivity index (χ2v) is 8.11. The summed E-state index contributed by atoms with van der Waals surface area (Å²) in [6, 6.07) is 7.67. The zero-order chi connectivity index (χ0) is 16.7. The molecule has 0 atom stereocenters. The van der Waals surface area contributed by atoms with Gasteiger partial charge in [-0.15, -0.1) is 0 Å². The molecule has 0 bridgehead atoms. The molecule has 1 aromatic carbocycles. The quantitative estimate of drug-likeness (QED) is 0.781. The van der Waals surface area contributed by atoms with Crippen molar-refractivity contribution < 1.29 is 13.2 Å². The molecule has 1 fully saturated rings. The van der Waals surface area contributed by atoms with E-state index in [1.54, 1.807) is 0 Å². The van der Waals surface area contributed by atoms with Crippen molar-refractivity contribution in [3.05, 3.63) is 35.4 Å². The van der Waals surface area contributed by atoms with Crippen molar-refractivity contribution in [3.63, 3.8) is 0 Å². The SMILES string of the molecule is CS(=O)(=O)NCCc1ccc(C(=O)NC2CCCCCC2)cc1. The van der Waals surface area contributed by atoms with Gasteiger partial charge in [0, 0.05) is 18.2 Å². The van der Waals surface area contributed by atoms with Crippen molar-refractivity contribution >= 4 is 15.9 Å². The van der Waals surface area contributed by atoms with Gasteiger partial charge in [-0.3, -0.25) is 4.79 Å². The Kier molecular flexibility index (Phi) is 6.59. The van der Waals surface area contributed by atoms with Gasteiger partial charge in [0.05, 0.1) is 6.26 Å². The van der Waals surface area contributed by atoms with Gasteiger partial charge in [-0.2, -0.15) is 0 Å². The van der Waals surface area contributed by atoms with Gasteiger partial charge in [0.1, 0.15) is 0 Å². The normalized spacial score (nSPS) is 16.7. The van der Waals surface area contributed by atoms with Crippen molar-refractivity contribution in [1.29, 1.82) is 0 Å². The average molecular weight is 338 g/mol. The number of benzene rings is 1. The maximum Gasteiger partial charge on any atom is 0.251 e. The number of amides is 1. The topological polar surface area (TPSA) is 75.3 Å². The minimum absolute atomic E-state index is 0.0160. The first-order chi connectivity index (χ1) is 10.9. The smallest absolute Gasteiger partial charge is 0.251 e. The minimum atomic E-state index is -3.15. The van der Waals surface area contributed by atoms with E-state index in [0.717, 1.165) is 24.7 Å². The van der Waals surface area contributed by atoms with Gasteiger partial charge in [0.2, 0.25) is 10.0 Å². The molecule has 0 spiro atoms. The van der Waals surface area contributed by atoms with E-state index in [0.29, 0.717) is 24.6 Å². The Morgan fingerprint density at radius 3 is 2.26 bits per heavy atom. The second kappa shape index (κ2) is 8.45. The van der Waals surface area contributed by atoms with Crippen molar-refractivity contribution in [2.75, 3.05) is 12.8 Å². The number of carbonyl (C=O) groups excluding carboxylic acids is 1. The van der Waals surface area contributed by atoms with E-state index >= 15 is 0 Å². The van der Waals surface area contributed by atoms with Crippen LogP contribution < -0.4 is 10.0 Å². The first-order valence-corrected chi connectivity index (χ1v) is 10.2. The molecule has 23 heavy (non-hydrogen) atoms. The van der Waals surface area contributed by atoms with Crippen LogP contribution >= 0.6 is 0 Å². The summed E-state index contributed by atoms with van der Waals surface area (Å²) in [4.78, 5) is 12.3. The Labute approximate surface area is 138 Å². The van der Waals surface area contributed by atoms with Gasteiger partial charge in [-0.25, -0.2) is 13.1 Å². The van der Waals surface area contributed by atoms with Crippen molar-refractivity contribution in [2.45, 2.75) is 51.0 Å². The fourth-order valence-electron chi connectivity index (χ4n) is 2.90. The predicted molar refractivity (Wildman–Crippen MR) is 91.9 cm³/mol.